The van der Waals surface area contributed by atoms with Crippen molar-refractivity contribution in [1.82, 2.24) is 4.98 Å². The number of ether oxygens (including phenoxy) is 1. The van der Waals surface area contributed by atoms with Gasteiger partial charge in [0, 0.05) is 5.38 Å². The topological polar surface area (TPSA) is 22.1 Å². The van der Waals surface area contributed by atoms with E-state index in [1.54, 1.807) is 0 Å². The van der Waals surface area contributed by atoms with Gasteiger partial charge in [-0.3, -0.25) is 0 Å². The molecule has 0 aromatic carbocycles. The van der Waals surface area contributed by atoms with Gasteiger partial charge in [0.2, 0.25) is 0 Å². The molecule has 0 unspecified atom stereocenters. The van der Waals surface area contributed by atoms with E-state index in [2.05, 4.69) is 15.9 Å². The molecule has 9 heavy (non-hydrogen) atoms. The molecule has 5 heteroatoms. The number of thiazole rings is 1. The largest absolute Gasteiger partial charge is 0.408 e. The maximum absolute atomic E-state index is 11.3. The van der Waals surface area contributed by atoms with E-state index in [4.69, 9.17) is 0 Å². The Morgan fingerprint density at radius 1 is 1.78 bits per heavy atom. The lowest BCUT2D eigenvalue weighted by molar-refractivity contribution is -0.0499. The van der Waals surface area contributed by atoms with E-state index in [1.807, 2.05) is 0 Å². The SMILES string of the molecule is FC(F)Oc1n[c]cs1. The van der Waals surface area contributed by atoms with Crippen LogP contribution in [0.3, 0.4) is 0 Å². The number of aromatic nitrogens is 1. The minimum atomic E-state index is -2.79. The highest BCUT2D eigenvalue weighted by atomic mass is 32.1. The molecule has 0 atom stereocenters. The van der Waals surface area contributed by atoms with Crippen LogP contribution in [-0.4, -0.2) is 11.6 Å². The smallest absolute Gasteiger partial charge is 0.389 e. The number of nitrogens with zero attached hydrogens (tertiary/aromatic N) is 1. The lowest BCUT2D eigenvalue weighted by Crippen LogP contribution is -2.00. The first-order valence-corrected chi connectivity index (χ1v) is 2.93. The molecule has 1 aromatic rings. The average Bonchev–Trinajstić information content (AvgIpc) is 2.15. The first kappa shape index (κ1) is 6.41. The van der Waals surface area contributed by atoms with E-state index in [1.165, 1.54) is 5.38 Å². The highest BCUT2D eigenvalue weighted by molar-refractivity contribution is 7.11. The molecule has 0 aliphatic rings. The summed E-state index contributed by atoms with van der Waals surface area (Å²) in [5, 5.41) is 1.39. The van der Waals surface area contributed by atoms with E-state index in [-0.39, 0.29) is 5.19 Å². The molecule has 1 radical (unpaired) electrons. The predicted octanol–water partition coefficient (Wildman–Crippen LogP) is 1.54. The molecule has 1 aromatic heterocycles. The molecule has 1 rings (SSSR count). The predicted molar refractivity (Wildman–Crippen MR) is 27.6 cm³/mol. The van der Waals surface area contributed by atoms with Gasteiger partial charge in [0.25, 0.3) is 5.19 Å². The van der Waals surface area contributed by atoms with Crippen LogP contribution in [0.25, 0.3) is 0 Å². The van der Waals surface area contributed by atoms with Gasteiger partial charge in [0.05, 0.1) is 0 Å². The summed E-state index contributed by atoms with van der Waals surface area (Å²) in [7, 11) is 0. The van der Waals surface area contributed by atoms with Crippen molar-refractivity contribution in [2.45, 2.75) is 6.61 Å². The fourth-order valence-corrected chi connectivity index (χ4v) is 0.752. The summed E-state index contributed by atoms with van der Waals surface area (Å²) in [6.07, 6.45) is 2.35. The zero-order valence-electron chi connectivity index (χ0n) is 4.17. The molecule has 1 heterocycles. The van der Waals surface area contributed by atoms with Crippen LogP contribution in [0.1, 0.15) is 0 Å². The normalized spacial score (nSPS) is 10.1. The number of alkyl halides is 2. The van der Waals surface area contributed by atoms with Gasteiger partial charge in [-0.05, 0) is 0 Å². The molecule has 2 nitrogen and oxygen atoms in total. The van der Waals surface area contributed by atoms with Crippen molar-refractivity contribution < 1.29 is 13.5 Å². The van der Waals surface area contributed by atoms with Gasteiger partial charge in [0.15, 0.2) is 0 Å². The standard InChI is InChI=1S/C4H2F2NOS/c5-3(6)8-4-7-1-2-9-4/h2-3H. The molecule has 49 valence electrons. The van der Waals surface area contributed by atoms with E-state index in [9.17, 15) is 8.78 Å². The molecule has 0 fully saturated rings. The van der Waals surface area contributed by atoms with Gasteiger partial charge in [-0.1, -0.05) is 11.3 Å². The number of halogens is 2. The van der Waals surface area contributed by atoms with Crippen molar-refractivity contribution in [3.63, 3.8) is 0 Å². The minimum Gasteiger partial charge on any atom is -0.408 e. The Morgan fingerprint density at radius 3 is 3.00 bits per heavy atom. The van der Waals surface area contributed by atoms with E-state index >= 15 is 0 Å². The van der Waals surface area contributed by atoms with Gasteiger partial charge in [-0.2, -0.15) is 8.78 Å². The Bertz CT molecular complexity index is 165. The molecule has 0 spiro atoms. The molecule has 0 aliphatic carbocycles. The second-order valence-corrected chi connectivity index (χ2v) is 1.94. The Morgan fingerprint density at radius 2 is 2.56 bits per heavy atom. The van der Waals surface area contributed by atoms with E-state index < -0.39 is 6.61 Å². The molecular formula is C4H2F2NOS. The third-order valence-corrected chi connectivity index (χ3v) is 1.17. The van der Waals surface area contributed by atoms with Gasteiger partial charge in [-0.15, -0.1) is 0 Å². The zero-order valence-corrected chi connectivity index (χ0v) is 4.99. The maximum atomic E-state index is 11.3. The average molecular weight is 150 g/mol. The quantitative estimate of drug-likeness (QED) is 0.638. The van der Waals surface area contributed by atoms with Crippen LogP contribution in [0.5, 0.6) is 5.19 Å². The van der Waals surface area contributed by atoms with E-state index in [0.717, 1.165) is 11.3 Å². The Hall–Kier alpha value is -0.710. The molecule has 0 bridgehead atoms. The highest BCUT2D eigenvalue weighted by Gasteiger charge is 2.04. The van der Waals surface area contributed by atoms with Crippen LogP contribution < -0.4 is 4.74 Å². The third-order valence-electron chi connectivity index (χ3n) is 0.558. The highest BCUT2D eigenvalue weighted by Crippen LogP contribution is 2.15. The van der Waals surface area contributed by atoms with Crippen LogP contribution >= 0.6 is 11.3 Å². The second kappa shape index (κ2) is 2.72. The van der Waals surface area contributed by atoms with Crippen LogP contribution in [0.4, 0.5) is 8.78 Å². The lowest BCUT2D eigenvalue weighted by Gasteiger charge is -1.95. The fourth-order valence-electron chi connectivity index (χ4n) is 0.313. The first-order valence-electron chi connectivity index (χ1n) is 2.05. The summed E-state index contributed by atoms with van der Waals surface area (Å²) in [4.78, 5) is 3.35. The summed E-state index contributed by atoms with van der Waals surface area (Å²) >= 11 is 0.982. The molecule has 0 amide bonds. The molecule has 0 N–H and O–H groups in total. The first-order chi connectivity index (χ1) is 4.29. The van der Waals surface area contributed by atoms with Crippen molar-refractivity contribution in [1.29, 1.82) is 0 Å². The summed E-state index contributed by atoms with van der Waals surface area (Å²) in [5.41, 5.74) is 0. The Kier molecular flexibility index (Phi) is 1.94. The van der Waals surface area contributed by atoms with E-state index in [0.29, 0.717) is 0 Å². The molecular weight excluding hydrogens is 148 g/mol. The van der Waals surface area contributed by atoms with Crippen molar-refractivity contribution in [3.8, 4) is 5.19 Å². The molecule has 0 saturated carbocycles. The van der Waals surface area contributed by atoms with Crippen LogP contribution in [0.15, 0.2) is 5.38 Å². The summed E-state index contributed by atoms with van der Waals surface area (Å²) in [6.45, 7) is -2.79. The Balaban J connectivity index is 2.48. The summed E-state index contributed by atoms with van der Waals surface area (Å²) in [6, 6.07) is 0. The van der Waals surface area contributed by atoms with Crippen molar-refractivity contribution in [3.05, 3.63) is 11.6 Å². The molecule has 0 aliphatic heterocycles. The van der Waals surface area contributed by atoms with Crippen molar-refractivity contribution >= 4 is 11.3 Å². The Labute approximate surface area is 54.1 Å². The summed E-state index contributed by atoms with van der Waals surface area (Å²) in [5.74, 6) is 0. The van der Waals surface area contributed by atoms with Crippen molar-refractivity contribution in [2.75, 3.05) is 0 Å². The van der Waals surface area contributed by atoms with Gasteiger partial charge in [0.1, 0.15) is 6.20 Å². The second-order valence-electron chi connectivity index (χ2n) is 1.12. The molecule has 0 saturated heterocycles. The monoisotopic (exact) mass is 150 g/mol. The number of hydrogen-bond donors (Lipinski definition) is 0. The zero-order chi connectivity index (χ0) is 6.69. The van der Waals surface area contributed by atoms with Gasteiger partial charge in [-0.25, -0.2) is 4.98 Å². The van der Waals surface area contributed by atoms with Gasteiger partial charge < -0.3 is 4.74 Å². The fraction of sp³-hybridized carbons (Fsp3) is 0.250. The minimum absolute atomic E-state index is 0.0509. The maximum Gasteiger partial charge on any atom is 0.389 e. The van der Waals surface area contributed by atoms with Crippen LogP contribution in [-0.2, 0) is 0 Å². The van der Waals surface area contributed by atoms with Gasteiger partial charge >= 0.3 is 6.61 Å². The lowest BCUT2D eigenvalue weighted by atomic mass is 11.0. The number of rotatable bonds is 2. The third kappa shape index (κ3) is 1.93. The van der Waals surface area contributed by atoms with Crippen LogP contribution in [0.2, 0.25) is 0 Å². The number of hydrogen-bond acceptors (Lipinski definition) is 3. The summed E-state index contributed by atoms with van der Waals surface area (Å²) < 4.78 is 26.6. The van der Waals surface area contributed by atoms with Crippen molar-refractivity contribution in [2.24, 2.45) is 0 Å². The van der Waals surface area contributed by atoms with Crippen LogP contribution in [0, 0.1) is 6.20 Å².